The van der Waals surface area contributed by atoms with Crippen molar-refractivity contribution in [3.8, 4) is 5.75 Å². The van der Waals surface area contributed by atoms with Gasteiger partial charge in [-0.2, -0.15) is 0 Å². The number of hydrogen-bond donors (Lipinski definition) is 1. The zero-order valence-corrected chi connectivity index (χ0v) is 14.1. The van der Waals surface area contributed by atoms with Crippen LogP contribution in [0.25, 0.3) is 0 Å². The molecule has 0 unspecified atom stereocenters. The van der Waals surface area contributed by atoms with Crippen LogP contribution in [0, 0.1) is 13.8 Å². The number of anilines is 1. The Labute approximate surface area is 140 Å². The van der Waals surface area contributed by atoms with Crippen LogP contribution < -0.4 is 10.1 Å². The lowest BCUT2D eigenvalue weighted by Gasteiger charge is -2.15. The molecular weight excluding hydrogens is 321 g/mol. The Morgan fingerprint density at radius 1 is 1.05 bits per heavy atom. The van der Waals surface area contributed by atoms with E-state index in [4.69, 9.17) is 27.9 Å². The molecule has 0 fully saturated rings. The van der Waals surface area contributed by atoms with Crippen LogP contribution in [-0.4, -0.2) is 12.0 Å². The van der Waals surface area contributed by atoms with Crippen LogP contribution >= 0.6 is 23.2 Å². The molecule has 1 amide bonds. The van der Waals surface area contributed by atoms with E-state index in [1.165, 1.54) is 0 Å². The van der Waals surface area contributed by atoms with Gasteiger partial charge in [0.25, 0.3) is 5.91 Å². The molecule has 0 heterocycles. The highest BCUT2D eigenvalue weighted by Gasteiger charge is 2.15. The summed E-state index contributed by atoms with van der Waals surface area (Å²) in [5, 5.41) is 4.06. The highest BCUT2D eigenvalue weighted by molar-refractivity contribution is 6.31. The lowest BCUT2D eigenvalue weighted by atomic mass is 10.2. The van der Waals surface area contributed by atoms with Gasteiger partial charge in [-0.25, -0.2) is 0 Å². The van der Waals surface area contributed by atoms with E-state index in [1.807, 2.05) is 19.9 Å². The summed E-state index contributed by atoms with van der Waals surface area (Å²) in [4.78, 5) is 12.2. The largest absolute Gasteiger partial charge is 0.481 e. The first kappa shape index (κ1) is 16.7. The van der Waals surface area contributed by atoms with Crippen LogP contribution in [-0.2, 0) is 4.79 Å². The second-order valence-corrected chi connectivity index (χ2v) is 5.94. The van der Waals surface area contributed by atoms with Crippen LogP contribution in [0.4, 0.5) is 5.69 Å². The Morgan fingerprint density at radius 3 is 2.41 bits per heavy atom. The molecular formula is C17H17Cl2NO2. The van der Waals surface area contributed by atoms with Crippen molar-refractivity contribution in [2.45, 2.75) is 26.9 Å². The van der Waals surface area contributed by atoms with Gasteiger partial charge in [0.2, 0.25) is 0 Å². The van der Waals surface area contributed by atoms with Gasteiger partial charge < -0.3 is 10.1 Å². The van der Waals surface area contributed by atoms with Gasteiger partial charge in [0.05, 0.1) is 0 Å². The fourth-order valence-corrected chi connectivity index (χ4v) is 2.16. The Morgan fingerprint density at radius 2 is 1.77 bits per heavy atom. The molecule has 0 bridgehead atoms. The number of nitrogens with one attached hydrogen (secondary N) is 1. The van der Waals surface area contributed by atoms with Gasteiger partial charge >= 0.3 is 0 Å². The molecule has 5 heteroatoms. The average Bonchev–Trinajstić information content (AvgIpc) is 2.46. The molecule has 22 heavy (non-hydrogen) atoms. The van der Waals surface area contributed by atoms with Crippen LogP contribution in [0.3, 0.4) is 0 Å². The minimum Gasteiger partial charge on any atom is -0.481 e. The maximum Gasteiger partial charge on any atom is 0.265 e. The number of rotatable bonds is 4. The third-order valence-electron chi connectivity index (χ3n) is 3.25. The van der Waals surface area contributed by atoms with Crippen molar-refractivity contribution < 1.29 is 9.53 Å². The number of carbonyl (C=O) groups is 1. The average molecular weight is 338 g/mol. The number of benzene rings is 2. The Hall–Kier alpha value is -1.71. The summed E-state index contributed by atoms with van der Waals surface area (Å²) in [6, 6.07) is 10.7. The Bertz CT molecular complexity index is 701. The summed E-state index contributed by atoms with van der Waals surface area (Å²) in [5.41, 5.74) is 2.50. The van der Waals surface area contributed by atoms with Crippen molar-refractivity contribution in [1.82, 2.24) is 0 Å². The molecule has 116 valence electrons. The van der Waals surface area contributed by atoms with Crippen LogP contribution in [0.2, 0.25) is 10.0 Å². The predicted molar refractivity (Wildman–Crippen MR) is 91.1 cm³/mol. The molecule has 1 N–H and O–H groups in total. The minimum atomic E-state index is -0.638. The quantitative estimate of drug-likeness (QED) is 0.850. The van der Waals surface area contributed by atoms with Crippen molar-refractivity contribution in [3.63, 3.8) is 0 Å². The first-order chi connectivity index (χ1) is 10.4. The van der Waals surface area contributed by atoms with E-state index in [0.29, 0.717) is 21.5 Å². The summed E-state index contributed by atoms with van der Waals surface area (Å²) in [7, 11) is 0. The highest BCUT2D eigenvalue weighted by Crippen LogP contribution is 2.23. The van der Waals surface area contributed by atoms with Crippen LogP contribution in [0.15, 0.2) is 36.4 Å². The molecule has 3 nitrogen and oxygen atoms in total. The van der Waals surface area contributed by atoms with E-state index in [2.05, 4.69) is 5.32 Å². The maximum absolute atomic E-state index is 12.2. The molecule has 2 rings (SSSR count). The number of aryl methyl sites for hydroxylation is 2. The number of halogens is 2. The summed E-state index contributed by atoms with van der Waals surface area (Å²) >= 11 is 12.0. The van der Waals surface area contributed by atoms with Gasteiger partial charge in [0, 0.05) is 15.7 Å². The fourth-order valence-electron chi connectivity index (χ4n) is 1.86. The molecule has 2 aromatic carbocycles. The van der Waals surface area contributed by atoms with Crippen LogP contribution in [0.5, 0.6) is 5.75 Å². The molecule has 0 aliphatic carbocycles. The summed E-state index contributed by atoms with van der Waals surface area (Å²) in [6.07, 6.45) is -0.638. The molecule has 0 saturated heterocycles. The molecule has 0 aliphatic rings. The number of amides is 1. The monoisotopic (exact) mass is 337 g/mol. The zero-order valence-electron chi connectivity index (χ0n) is 12.6. The van der Waals surface area contributed by atoms with Gasteiger partial charge in [-0.05, 0) is 62.2 Å². The van der Waals surface area contributed by atoms with Crippen molar-refractivity contribution in [1.29, 1.82) is 0 Å². The molecule has 2 aromatic rings. The van der Waals surface area contributed by atoms with E-state index in [-0.39, 0.29) is 5.91 Å². The maximum atomic E-state index is 12.2. The van der Waals surface area contributed by atoms with E-state index in [9.17, 15) is 4.79 Å². The van der Waals surface area contributed by atoms with Gasteiger partial charge in [-0.15, -0.1) is 0 Å². The minimum absolute atomic E-state index is 0.243. The van der Waals surface area contributed by atoms with Gasteiger partial charge in [-0.1, -0.05) is 29.3 Å². The van der Waals surface area contributed by atoms with Crippen molar-refractivity contribution in [2.24, 2.45) is 0 Å². The third-order valence-corrected chi connectivity index (χ3v) is 4.08. The lowest BCUT2D eigenvalue weighted by Crippen LogP contribution is -2.30. The fraction of sp³-hybridized carbons (Fsp3) is 0.235. The normalized spacial score (nSPS) is 11.9. The predicted octanol–water partition coefficient (Wildman–Crippen LogP) is 5.02. The number of ether oxygens (including phenoxy) is 1. The third kappa shape index (κ3) is 4.15. The topological polar surface area (TPSA) is 38.3 Å². The van der Waals surface area contributed by atoms with Crippen molar-refractivity contribution in [2.75, 3.05) is 5.32 Å². The van der Waals surface area contributed by atoms with E-state index >= 15 is 0 Å². The molecule has 0 radical (unpaired) electrons. The molecule has 0 spiro atoms. The van der Waals surface area contributed by atoms with Gasteiger partial charge in [0.1, 0.15) is 5.75 Å². The number of hydrogen-bond acceptors (Lipinski definition) is 2. The molecule has 0 aromatic heterocycles. The smallest absolute Gasteiger partial charge is 0.265 e. The second-order valence-electron chi connectivity index (χ2n) is 5.12. The first-order valence-electron chi connectivity index (χ1n) is 6.86. The summed E-state index contributed by atoms with van der Waals surface area (Å²) < 4.78 is 5.63. The number of carbonyl (C=O) groups excluding carboxylic acids is 1. The van der Waals surface area contributed by atoms with E-state index in [1.54, 1.807) is 37.3 Å². The molecule has 0 aliphatic heterocycles. The molecule has 0 saturated carbocycles. The molecule has 1 atom stereocenters. The second kappa shape index (κ2) is 7.03. The highest BCUT2D eigenvalue weighted by atomic mass is 35.5. The SMILES string of the molecule is Cc1cc(O[C@@H](C)C(=O)Nc2ccc(C)c(Cl)c2)ccc1Cl. The van der Waals surface area contributed by atoms with E-state index < -0.39 is 6.10 Å². The van der Waals surface area contributed by atoms with Crippen molar-refractivity contribution >= 4 is 34.8 Å². The standard InChI is InChI=1S/C17H17Cl2NO2/c1-10-4-5-13(9-16(10)19)20-17(21)12(3)22-14-6-7-15(18)11(2)8-14/h4-9,12H,1-3H3,(H,20,21)/t12-/m0/s1. The summed E-state index contributed by atoms with van der Waals surface area (Å²) in [5.74, 6) is 0.360. The Kier molecular flexibility index (Phi) is 5.33. The van der Waals surface area contributed by atoms with Crippen LogP contribution in [0.1, 0.15) is 18.1 Å². The van der Waals surface area contributed by atoms with Gasteiger partial charge in [-0.3, -0.25) is 4.79 Å². The first-order valence-corrected chi connectivity index (χ1v) is 7.62. The van der Waals surface area contributed by atoms with Gasteiger partial charge in [0.15, 0.2) is 6.10 Å². The Balaban J connectivity index is 2.02. The zero-order chi connectivity index (χ0) is 16.3. The lowest BCUT2D eigenvalue weighted by molar-refractivity contribution is -0.122. The summed E-state index contributed by atoms with van der Waals surface area (Å²) in [6.45, 7) is 5.48. The van der Waals surface area contributed by atoms with E-state index in [0.717, 1.165) is 11.1 Å². The van der Waals surface area contributed by atoms with Crippen molar-refractivity contribution in [3.05, 3.63) is 57.6 Å².